The van der Waals surface area contributed by atoms with Gasteiger partial charge in [0.15, 0.2) is 0 Å². The molecule has 1 aromatic rings. The number of benzene rings is 1. The Morgan fingerprint density at radius 3 is 2.05 bits per heavy atom. The Bertz CT molecular complexity index is 1170. The maximum absolute atomic E-state index is 14.0. The van der Waals surface area contributed by atoms with E-state index in [0.29, 0.717) is 0 Å². The number of carbonyl (C=O) groups is 3. The van der Waals surface area contributed by atoms with E-state index in [9.17, 15) is 22.8 Å². The molecule has 0 aliphatic heterocycles. The Hall–Kier alpha value is -2.76. The van der Waals surface area contributed by atoms with Crippen LogP contribution in [0.2, 0.25) is 0 Å². The molecule has 0 bridgehead atoms. The maximum Gasteiger partial charge on any atom is 0.260 e. The first-order valence-electron chi connectivity index (χ1n) is 13.8. The van der Waals surface area contributed by atoms with Crippen LogP contribution in [0.4, 0.5) is 0 Å². The Balaban J connectivity index is 3.28. The van der Waals surface area contributed by atoms with E-state index in [1.165, 1.54) is 18.9 Å². The van der Waals surface area contributed by atoms with Crippen LogP contribution in [-0.4, -0.2) is 82.7 Å². The van der Waals surface area contributed by atoms with Crippen LogP contribution in [0.3, 0.4) is 0 Å². The van der Waals surface area contributed by atoms with E-state index in [4.69, 9.17) is 4.74 Å². The fourth-order valence-corrected chi connectivity index (χ4v) is 5.56. The lowest BCUT2D eigenvalue weighted by Crippen LogP contribution is -2.61. The van der Waals surface area contributed by atoms with Crippen molar-refractivity contribution in [2.45, 2.75) is 78.9 Å². The van der Waals surface area contributed by atoms with E-state index in [1.807, 2.05) is 83.5 Å². The molecule has 0 aliphatic carbocycles. The molecule has 0 aliphatic rings. The summed E-state index contributed by atoms with van der Waals surface area (Å²) in [5.74, 6) is -1.87. The van der Waals surface area contributed by atoms with Crippen LogP contribution in [0.15, 0.2) is 42.0 Å². The molecule has 0 fully saturated rings. The van der Waals surface area contributed by atoms with Crippen LogP contribution >= 0.6 is 0 Å². The molecule has 0 saturated carbocycles. The standard InChI is InChI=1S/C30H50N4O6S/c1-20(2)23(19-21(3)26(35)33-41(38,39)18-17-40-11)34(10)28(37)25(29(4,5)6)32-27(36)24(31-9)30(7,8)22-15-13-12-14-16-22/h12-16,19-20,23-25,31H,17-18H2,1-11H3,(H,32,36)(H,33,35). The fourth-order valence-electron chi connectivity index (χ4n) is 4.63. The second kappa shape index (κ2) is 14.9. The van der Waals surface area contributed by atoms with Crippen molar-refractivity contribution in [3.63, 3.8) is 0 Å². The topological polar surface area (TPSA) is 134 Å². The van der Waals surface area contributed by atoms with Crippen LogP contribution in [-0.2, 0) is 34.6 Å². The monoisotopic (exact) mass is 594 g/mol. The number of carbonyl (C=O) groups excluding carboxylic acids is 3. The molecule has 0 saturated heterocycles. The van der Waals surface area contributed by atoms with Gasteiger partial charge in [-0.3, -0.25) is 14.4 Å². The van der Waals surface area contributed by atoms with Gasteiger partial charge in [0, 0.05) is 25.1 Å². The van der Waals surface area contributed by atoms with Crippen molar-refractivity contribution < 1.29 is 27.5 Å². The first kappa shape index (κ1) is 36.3. The molecule has 3 N–H and O–H groups in total. The molecule has 3 atom stereocenters. The zero-order chi connectivity index (χ0) is 31.8. The minimum absolute atomic E-state index is 0.0475. The van der Waals surface area contributed by atoms with Gasteiger partial charge in [-0.1, -0.05) is 84.9 Å². The van der Waals surface area contributed by atoms with Gasteiger partial charge in [0.2, 0.25) is 21.8 Å². The van der Waals surface area contributed by atoms with Gasteiger partial charge in [-0.2, -0.15) is 0 Å². The highest BCUT2D eigenvalue weighted by Crippen LogP contribution is 2.29. The average Bonchev–Trinajstić information content (AvgIpc) is 2.87. The summed E-state index contributed by atoms with van der Waals surface area (Å²) in [5, 5.41) is 6.13. The summed E-state index contributed by atoms with van der Waals surface area (Å²) in [6.07, 6.45) is 1.58. The van der Waals surface area contributed by atoms with Crippen molar-refractivity contribution in [1.29, 1.82) is 0 Å². The van der Waals surface area contributed by atoms with E-state index in [0.717, 1.165) is 5.56 Å². The fraction of sp³-hybridized carbons (Fsp3) is 0.633. The van der Waals surface area contributed by atoms with Gasteiger partial charge in [-0.05, 0) is 30.9 Å². The number of nitrogens with one attached hydrogen (secondary N) is 3. The number of rotatable bonds is 14. The van der Waals surface area contributed by atoms with E-state index in [2.05, 4.69) is 10.6 Å². The van der Waals surface area contributed by atoms with Crippen LogP contribution < -0.4 is 15.4 Å². The number of amides is 3. The van der Waals surface area contributed by atoms with Crippen LogP contribution in [0, 0.1) is 11.3 Å². The van der Waals surface area contributed by atoms with Gasteiger partial charge < -0.3 is 20.3 Å². The molecule has 11 heteroatoms. The molecule has 41 heavy (non-hydrogen) atoms. The quantitative estimate of drug-likeness (QED) is 0.282. The Morgan fingerprint density at radius 1 is 1.02 bits per heavy atom. The molecule has 10 nitrogen and oxygen atoms in total. The second-order valence-corrected chi connectivity index (χ2v) is 14.2. The average molecular weight is 595 g/mol. The number of methoxy groups -OCH3 is 1. The third kappa shape index (κ3) is 10.2. The lowest BCUT2D eigenvalue weighted by molar-refractivity contribution is -0.140. The van der Waals surface area contributed by atoms with Gasteiger partial charge in [0.05, 0.1) is 24.4 Å². The molecule has 1 aromatic carbocycles. The summed E-state index contributed by atoms with van der Waals surface area (Å²) in [6.45, 7) is 14.8. The van der Waals surface area contributed by atoms with E-state index in [-0.39, 0.29) is 35.7 Å². The van der Waals surface area contributed by atoms with Gasteiger partial charge >= 0.3 is 0 Å². The number of hydrogen-bond donors (Lipinski definition) is 3. The molecule has 3 amide bonds. The van der Waals surface area contributed by atoms with Crippen molar-refractivity contribution in [3.05, 3.63) is 47.5 Å². The Morgan fingerprint density at radius 2 is 1.59 bits per heavy atom. The van der Waals surface area contributed by atoms with Crippen molar-refractivity contribution in [3.8, 4) is 0 Å². The zero-order valence-corrected chi connectivity index (χ0v) is 27.3. The predicted octanol–water partition coefficient (Wildman–Crippen LogP) is 2.60. The lowest BCUT2D eigenvalue weighted by atomic mass is 9.76. The van der Waals surface area contributed by atoms with Crippen molar-refractivity contribution >= 4 is 27.7 Å². The van der Waals surface area contributed by atoms with Gasteiger partial charge in [-0.25, -0.2) is 13.1 Å². The predicted molar refractivity (Wildman–Crippen MR) is 163 cm³/mol. The molecule has 3 unspecified atom stereocenters. The van der Waals surface area contributed by atoms with Crippen molar-refractivity contribution in [1.82, 2.24) is 20.3 Å². The minimum Gasteiger partial charge on any atom is -0.384 e. The first-order valence-corrected chi connectivity index (χ1v) is 15.5. The van der Waals surface area contributed by atoms with Crippen molar-refractivity contribution in [2.75, 3.05) is 33.6 Å². The van der Waals surface area contributed by atoms with Crippen LogP contribution in [0.5, 0.6) is 0 Å². The minimum atomic E-state index is -3.87. The van der Waals surface area contributed by atoms with Crippen LogP contribution in [0.25, 0.3) is 0 Å². The lowest BCUT2D eigenvalue weighted by Gasteiger charge is -2.40. The molecular weight excluding hydrogens is 544 g/mol. The molecule has 0 radical (unpaired) electrons. The number of hydrogen-bond acceptors (Lipinski definition) is 7. The number of likely N-dealkylation sites (N-methyl/N-ethyl adjacent to an activating group) is 2. The van der Waals surface area contributed by atoms with Gasteiger partial charge in [0.25, 0.3) is 5.91 Å². The maximum atomic E-state index is 14.0. The number of nitrogens with zero attached hydrogens (tertiary/aromatic N) is 1. The summed E-state index contributed by atoms with van der Waals surface area (Å²) >= 11 is 0. The largest absolute Gasteiger partial charge is 0.384 e. The summed E-state index contributed by atoms with van der Waals surface area (Å²) < 4.78 is 31.2. The van der Waals surface area contributed by atoms with Gasteiger partial charge in [-0.15, -0.1) is 0 Å². The van der Waals surface area contributed by atoms with Crippen molar-refractivity contribution in [2.24, 2.45) is 11.3 Å². The molecule has 0 aromatic heterocycles. The Labute approximate surface area is 246 Å². The number of ether oxygens (including phenoxy) is 1. The summed E-state index contributed by atoms with van der Waals surface area (Å²) in [5.41, 5.74) is -0.0772. The van der Waals surface area contributed by atoms with E-state index >= 15 is 0 Å². The third-order valence-corrected chi connectivity index (χ3v) is 8.45. The highest BCUT2D eigenvalue weighted by molar-refractivity contribution is 7.90. The molecule has 1 rings (SSSR count). The first-order chi connectivity index (χ1) is 18.8. The summed E-state index contributed by atoms with van der Waals surface area (Å²) in [7, 11) is 0.848. The molecule has 232 valence electrons. The summed E-state index contributed by atoms with van der Waals surface area (Å²) in [4.78, 5) is 41.8. The molecule has 0 heterocycles. The Kier molecular flexibility index (Phi) is 13.2. The highest BCUT2D eigenvalue weighted by Gasteiger charge is 2.41. The van der Waals surface area contributed by atoms with E-state index < -0.39 is 44.9 Å². The SMILES string of the molecule is CNC(C(=O)NC(C(=O)N(C)C(C=C(C)C(=O)NS(=O)(=O)CCOC)C(C)C)C(C)(C)C)C(C)(C)c1ccccc1. The van der Waals surface area contributed by atoms with Gasteiger partial charge in [0.1, 0.15) is 6.04 Å². The highest BCUT2D eigenvalue weighted by atomic mass is 32.2. The second-order valence-electron chi connectivity index (χ2n) is 12.4. The molecule has 0 spiro atoms. The van der Waals surface area contributed by atoms with Crippen LogP contribution in [0.1, 0.15) is 61.0 Å². The normalized spacial score (nSPS) is 15.2. The van der Waals surface area contributed by atoms with E-state index in [1.54, 1.807) is 20.2 Å². The third-order valence-electron chi connectivity index (χ3n) is 7.25. The number of sulfonamides is 1. The smallest absolute Gasteiger partial charge is 0.260 e. The molecular formula is C30H50N4O6S. The summed E-state index contributed by atoms with van der Waals surface area (Å²) in [6, 6.07) is 7.67. The zero-order valence-electron chi connectivity index (χ0n) is 26.5.